The second-order valence-corrected chi connectivity index (χ2v) is 4.83. The van der Waals surface area contributed by atoms with Crippen molar-refractivity contribution in [1.29, 1.82) is 0 Å². The van der Waals surface area contributed by atoms with Crippen LogP contribution in [-0.4, -0.2) is 12.4 Å². The highest BCUT2D eigenvalue weighted by Crippen LogP contribution is 2.38. The van der Waals surface area contributed by atoms with E-state index in [1.807, 2.05) is 18.2 Å². The van der Waals surface area contributed by atoms with Gasteiger partial charge in [-0.2, -0.15) is 0 Å². The van der Waals surface area contributed by atoms with E-state index in [0.717, 1.165) is 38.0 Å². The van der Waals surface area contributed by atoms with Gasteiger partial charge in [0.05, 0.1) is 6.61 Å². The van der Waals surface area contributed by atoms with Crippen molar-refractivity contribution >= 4 is 5.78 Å². The molecule has 1 unspecified atom stereocenters. The number of ether oxygens (including phenoxy) is 1. The molecule has 0 bridgehead atoms. The quantitative estimate of drug-likeness (QED) is 0.773. The Kier molecular flexibility index (Phi) is 2.43. The van der Waals surface area contributed by atoms with Crippen LogP contribution in [0.1, 0.15) is 37.2 Å². The van der Waals surface area contributed by atoms with Crippen molar-refractivity contribution in [3.05, 3.63) is 29.8 Å². The standard InChI is InChI=1S/C14H16O2/c15-13(10-5-6-10)8-7-11-9-16-14-4-2-1-3-12(11)14/h1-4,10-11H,5-9H2. The Bertz CT molecular complexity index is 407. The van der Waals surface area contributed by atoms with Gasteiger partial charge in [-0.3, -0.25) is 4.79 Å². The fraction of sp³-hybridized carbons (Fsp3) is 0.500. The number of carbonyl (C=O) groups excluding carboxylic acids is 1. The van der Waals surface area contributed by atoms with Crippen LogP contribution in [0.25, 0.3) is 0 Å². The van der Waals surface area contributed by atoms with E-state index in [1.54, 1.807) is 0 Å². The Labute approximate surface area is 95.6 Å². The van der Waals surface area contributed by atoms with E-state index in [4.69, 9.17) is 4.74 Å². The molecule has 1 fully saturated rings. The zero-order valence-electron chi connectivity index (χ0n) is 9.32. The number of rotatable bonds is 4. The molecule has 0 aromatic heterocycles. The van der Waals surface area contributed by atoms with Crippen LogP contribution in [-0.2, 0) is 4.79 Å². The van der Waals surface area contributed by atoms with Gasteiger partial charge >= 0.3 is 0 Å². The summed E-state index contributed by atoms with van der Waals surface area (Å²) in [6.45, 7) is 0.747. The summed E-state index contributed by atoms with van der Waals surface area (Å²) in [6.07, 6.45) is 3.92. The predicted molar refractivity (Wildman–Crippen MR) is 61.6 cm³/mol. The van der Waals surface area contributed by atoms with E-state index in [1.165, 1.54) is 5.56 Å². The Hall–Kier alpha value is -1.31. The number of hydrogen-bond acceptors (Lipinski definition) is 2. The Morgan fingerprint density at radius 1 is 1.31 bits per heavy atom. The molecular weight excluding hydrogens is 200 g/mol. The molecule has 2 heteroatoms. The number of fused-ring (bicyclic) bond motifs is 1. The summed E-state index contributed by atoms with van der Waals surface area (Å²) in [5.41, 5.74) is 1.28. The molecule has 1 heterocycles. The maximum absolute atomic E-state index is 11.6. The third-order valence-electron chi connectivity index (χ3n) is 3.57. The van der Waals surface area contributed by atoms with Crippen molar-refractivity contribution in [2.75, 3.05) is 6.61 Å². The first-order valence-corrected chi connectivity index (χ1v) is 6.09. The van der Waals surface area contributed by atoms with Gasteiger partial charge in [0.15, 0.2) is 0 Å². The summed E-state index contributed by atoms with van der Waals surface area (Å²) in [7, 11) is 0. The van der Waals surface area contributed by atoms with Crippen LogP contribution in [0.2, 0.25) is 0 Å². The van der Waals surface area contributed by atoms with E-state index in [9.17, 15) is 4.79 Å². The minimum atomic E-state index is 0.401. The number of Topliss-reactive ketones (excluding diaryl/α,β-unsaturated/α-hetero) is 1. The fourth-order valence-electron chi connectivity index (χ4n) is 2.39. The molecule has 1 aliphatic carbocycles. The average Bonchev–Trinajstić information content (AvgIpc) is 3.08. The lowest BCUT2D eigenvalue weighted by Crippen LogP contribution is -2.06. The lowest BCUT2D eigenvalue weighted by molar-refractivity contribution is -0.120. The number of para-hydroxylation sites is 1. The molecule has 1 aromatic carbocycles. The minimum absolute atomic E-state index is 0.401. The highest BCUT2D eigenvalue weighted by atomic mass is 16.5. The van der Waals surface area contributed by atoms with E-state index < -0.39 is 0 Å². The third-order valence-corrected chi connectivity index (χ3v) is 3.57. The van der Waals surface area contributed by atoms with Gasteiger partial charge in [-0.1, -0.05) is 18.2 Å². The highest BCUT2D eigenvalue weighted by molar-refractivity contribution is 5.83. The second kappa shape index (κ2) is 3.93. The molecule has 3 rings (SSSR count). The molecule has 0 radical (unpaired) electrons. The van der Waals surface area contributed by atoms with Crippen LogP contribution in [0.15, 0.2) is 24.3 Å². The van der Waals surface area contributed by atoms with Gasteiger partial charge < -0.3 is 4.74 Å². The molecular formula is C14H16O2. The Morgan fingerprint density at radius 2 is 2.12 bits per heavy atom. The first-order chi connectivity index (χ1) is 7.84. The third kappa shape index (κ3) is 1.84. The summed E-state index contributed by atoms with van der Waals surface area (Å²) >= 11 is 0. The van der Waals surface area contributed by atoms with E-state index in [2.05, 4.69) is 6.07 Å². The van der Waals surface area contributed by atoms with Gasteiger partial charge in [0.2, 0.25) is 0 Å². The first kappa shape index (κ1) is 9.88. The van der Waals surface area contributed by atoms with Crippen molar-refractivity contribution in [1.82, 2.24) is 0 Å². The van der Waals surface area contributed by atoms with E-state index in [0.29, 0.717) is 17.6 Å². The van der Waals surface area contributed by atoms with Crippen LogP contribution >= 0.6 is 0 Å². The maximum atomic E-state index is 11.6. The van der Waals surface area contributed by atoms with Gasteiger partial charge in [0, 0.05) is 23.8 Å². The van der Waals surface area contributed by atoms with Crippen molar-refractivity contribution in [3.63, 3.8) is 0 Å². The highest BCUT2D eigenvalue weighted by Gasteiger charge is 2.31. The number of carbonyl (C=O) groups is 1. The Morgan fingerprint density at radius 3 is 2.94 bits per heavy atom. The SMILES string of the molecule is O=C(CCC1COc2ccccc21)C1CC1. The molecule has 0 N–H and O–H groups in total. The van der Waals surface area contributed by atoms with Gasteiger partial charge in [-0.15, -0.1) is 0 Å². The molecule has 0 amide bonds. The lowest BCUT2D eigenvalue weighted by atomic mass is 9.94. The first-order valence-electron chi connectivity index (χ1n) is 6.09. The zero-order chi connectivity index (χ0) is 11.0. The minimum Gasteiger partial charge on any atom is -0.493 e. The van der Waals surface area contributed by atoms with Crippen LogP contribution in [0, 0.1) is 5.92 Å². The molecule has 1 saturated carbocycles. The lowest BCUT2D eigenvalue weighted by Gasteiger charge is -2.07. The van der Waals surface area contributed by atoms with Crippen molar-refractivity contribution in [3.8, 4) is 5.75 Å². The number of benzene rings is 1. The van der Waals surface area contributed by atoms with Crippen molar-refractivity contribution in [2.45, 2.75) is 31.6 Å². The van der Waals surface area contributed by atoms with E-state index >= 15 is 0 Å². The molecule has 16 heavy (non-hydrogen) atoms. The zero-order valence-corrected chi connectivity index (χ0v) is 9.32. The molecule has 1 atom stereocenters. The molecule has 84 valence electrons. The number of hydrogen-bond donors (Lipinski definition) is 0. The fourth-order valence-corrected chi connectivity index (χ4v) is 2.39. The van der Waals surface area contributed by atoms with Crippen LogP contribution < -0.4 is 4.74 Å². The molecule has 0 saturated heterocycles. The molecule has 1 aliphatic heterocycles. The van der Waals surface area contributed by atoms with Crippen molar-refractivity contribution < 1.29 is 9.53 Å². The van der Waals surface area contributed by atoms with Gasteiger partial charge in [0.1, 0.15) is 11.5 Å². The normalized spacial score (nSPS) is 22.6. The summed E-state index contributed by atoms with van der Waals surface area (Å²) in [5, 5.41) is 0. The van der Waals surface area contributed by atoms with Gasteiger partial charge in [-0.25, -0.2) is 0 Å². The second-order valence-electron chi connectivity index (χ2n) is 4.83. The molecule has 0 spiro atoms. The molecule has 2 aliphatic rings. The average molecular weight is 216 g/mol. The van der Waals surface area contributed by atoms with Gasteiger partial charge in [0.25, 0.3) is 0 Å². The largest absolute Gasteiger partial charge is 0.493 e. The monoisotopic (exact) mass is 216 g/mol. The predicted octanol–water partition coefficient (Wildman–Crippen LogP) is 2.92. The smallest absolute Gasteiger partial charge is 0.136 e. The summed E-state index contributed by atoms with van der Waals surface area (Å²) < 4.78 is 5.61. The summed E-state index contributed by atoms with van der Waals surface area (Å²) in [6, 6.07) is 8.17. The summed E-state index contributed by atoms with van der Waals surface area (Å²) in [4.78, 5) is 11.6. The maximum Gasteiger partial charge on any atom is 0.136 e. The van der Waals surface area contributed by atoms with Crippen LogP contribution in [0.4, 0.5) is 0 Å². The summed E-state index contributed by atoms with van der Waals surface area (Å²) in [5.74, 6) is 2.30. The van der Waals surface area contributed by atoms with E-state index in [-0.39, 0.29) is 0 Å². The van der Waals surface area contributed by atoms with Crippen LogP contribution in [0.3, 0.4) is 0 Å². The molecule has 2 nitrogen and oxygen atoms in total. The topological polar surface area (TPSA) is 26.3 Å². The number of ketones is 1. The van der Waals surface area contributed by atoms with Crippen molar-refractivity contribution in [2.24, 2.45) is 5.92 Å². The van der Waals surface area contributed by atoms with Gasteiger partial charge in [-0.05, 0) is 25.3 Å². The Balaban J connectivity index is 1.62. The van der Waals surface area contributed by atoms with Crippen LogP contribution in [0.5, 0.6) is 5.75 Å². The molecule has 1 aromatic rings.